The van der Waals surface area contributed by atoms with Gasteiger partial charge in [0, 0.05) is 25.2 Å². The summed E-state index contributed by atoms with van der Waals surface area (Å²) >= 11 is 0. The van der Waals surface area contributed by atoms with Gasteiger partial charge in [0.2, 0.25) is 0 Å². The Labute approximate surface area is 107 Å². The van der Waals surface area contributed by atoms with Gasteiger partial charge in [0.15, 0.2) is 0 Å². The molecule has 1 fully saturated rings. The highest BCUT2D eigenvalue weighted by Crippen LogP contribution is 2.23. The zero-order chi connectivity index (χ0) is 13.1. The largest absolute Gasteiger partial charge is 0.330 e. The van der Waals surface area contributed by atoms with E-state index in [4.69, 9.17) is 5.73 Å². The van der Waals surface area contributed by atoms with E-state index in [1.54, 1.807) is 0 Å². The van der Waals surface area contributed by atoms with Gasteiger partial charge in [-0.2, -0.15) is 0 Å². The third-order valence-electron chi connectivity index (χ3n) is 3.75. The van der Waals surface area contributed by atoms with Gasteiger partial charge in [-0.1, -0.05) is 0 Å². The quantitative estimate of drug-likeness (QED) is 0.898. The SMILES string of the molecule is CC1CCC(CN)CN1Cc1cc(F)cc(F)c1. The number of nitrogens with zero attached hydrogens (tertiary/aromatic N) is 1. The second-order valence-electron chi connectivity index (χ2n) is 5.24. The number of halogens is 2. The van der Waals surface area contributed by atoms with Gasteiger partial charge in [-0.3, -0.25) is 4.90 Å². The lowest BCUT2D eigenvalue weighted by molar-refractivity contribution is 0.113. The molecule has 2 N–H and O–H groups in total. The van der Waals surface area contributed by atoms with E-state index < -0.39 is 11.6 Å². The molecule has 2 unspecified atom stereocenters. The van der Waals surface area contributed by atoms with E-state index in [2.05, 4.69) is 11.8 Å². The summed E-state index contributed by atoms with van der Waals surface area (Å²) in [5.74, 6) is -0.519. The molecule has 1 saturated heterocycles. The average molecular weight is 254 g/mol. The van der Waals surface area contributed by atoms with Crippen molar-refractivity contribution in [3.05, 3.63) is 35.4 Å². The van der Waals surface area contributed by atoms with Gasteiger partial charge in [0.1, 0.15) is 11.6 Å². The van der Waals surface area contributed by atoms with Crippen molar-refractivity contribution in [3.8, 4) is 0 Å². The molecule has 0 aliphatic carbocycles. The van der Waals surface area contributed by atoms with Crippen LogP contribution in [-0.2, 0) is 6.54 Å². The second kappa shape index (κ2) is 5.76. The minimum absolute atomic E-state index is 0.444. The number of hydrogen-bond donors (Lipinski definition) is 1. The van der Waals surface area contributed by atoms with Crippen LogP contribution in [0.5, 0.6) is 0 Å². The molecular formula is C14H20F2N2. The lowest BCUT2D eigenvalue weighted by Gasteiger charge is -2.37. The van der Waals surface area contributed by atoms with E-state index in [-0.39, 0.29) is 0 Å². The van der Waals surface area contributed by atoms with Crippen LogP contribution in [0.1, 0.15) is 25.3 Å². The van der Waals surface area contributed by atoms with Crippen molar-refractivity contribution in [2.24, 2.45) is 11.7 Å². The van der Waals surface area contributed by atoms with Gasteiger partial charge >= 0.3 is 0 Å². The van der Waals surface area contributed by atoms with E-state index in [1.807, 2.05) is 0 Å². The number of likely N-dealkylation sites (tertiary alicyclic amines) is 1. The van der Waals surface area contributed by atoms with Gasteiger partial charge in [-0.15, -0.1) is 0 Å². The Balaban J connectivity index is 2.06. The Kier molecular flexibility index (Phi) is 4.30. The molecule has 18 heavy (non-hydrogen) atoms. The molecule has 1 aliphatic heterocycles. The second-order valence-corrected chi connectivity index (χ2v) is 5.24. The highest BCUT2D eigenvalue weighted by atomic mass is 19.1. The molecule has 4 heteroatoms. The fraction of sp³-hybridized carbons (Fsp3) is 0.571. The van der Waals surface area contributed by atoms with Crippen molar-refractivity contribution >= 4 is 0 Å². The Bertz CT molecular complexity index is 389. The molecule has 100 valence electrons. The molecule has 2 nitrogen and oxygen atoms in total. The lowest BCUT2D eigenvalue weighted by atomic mass is 9.93. The molecule has 0 saturated carbocycles. The van der Waals surface area contributed by atoms with Crippen LogP contribution >= 0.6 is 0 Å². The fourth-order valence-corrected chi connectivity index (χ4v) is 2.61. The van der Waals surface area contributed by atoms with Gasteiger partial charge in [-0.25, -0.2) is 8.78 Å². The molecule has 2 rings (SSSR count). The molecule has 1 aromatic rings. The lowest BCUT2D eigenvalue weighted by Crippen LogP contribution is -2.43. The molecule has 0 spiro atoms. The van der Waals surface area contributed by atoms with E-state index in [9.17, 15) is 8.78 Å². The minimum atomic E-state index is -0.509. The highest BCUT2D eigenvalue weighted by molar-refractivity contribution is 5.18. The van der Waals surface area contributed by atoms with Gasteiger partial charge < -0.3 is 5.73 Å². The van der Waals surface area contributed by atoms with E-state index in [1.165, 1.54) is 12.1 Å². The number of piperidine rings is 1. The topological polar surface area (TPSA) is 29.3 Å². The van der Waals surface area contributed by atoms with Crippen LogP contribution in [0.15, 0.2) is 18.2 Å². The van der Waals surface area contributed by atoms with Gasteiger partial charge in [0.05, 0.1) is 0 Å². The fourth-order valence-electron chi connectivity index (χ4n) is 2.61. The maximum absolute atomic E-state index is 13.1. The average Bonchev–Trinajstić information content (AvgIpc) is 2.30. The van der Waals surface area contributed by atoms with Crippen LogP contribution in [0, 0.1) is 17.6 Å². The van der Waals surface area contributed by atoms with Crippen molar-refractivity contribution in [2.45, 2.75) is 32.4 Å². The van der Waals surface area contributed by atoms with Crippen LogP contribution in [0.25, 0.3) is 0 Å². The molecule has 2 atom stereocenters. The summed E-state index contributed by atoms with van der Waals surface area (Å²) in [6.45, 7) is 4.34. The summed E-state index contributed by atoms with van der Waals surface area (Å²) in [7, 11) is 0. The third kappa shape index (κ3) is 3.27. The van der Waals surface area contributed by atoms with Crippen LogP contribution in [-0.4, -0.2) is 24.0 Å². The molecule has 0 radical (unpaired) electrons. The Morgan fingerprint density at radius 1 is 1.22 bits per heavy atom. The maximum atomic E-state index is 13.1. The van der Waals surface area contributed by atoms with E-state index in [0.29, 0.717) is 30.6 Å². The summed E-state index contributed by atoms with van der Waals surface area (Å²) in [5, 5.41) is 0. The van der Waals surface area contributed by atoms with Crippen LogP contribution in [0.2, 0.25) is 0 Å². The normalized spacial score (nSPS) is 25.3. The summed E-state index contributed by atoms with van der Waals surface area (Å²) in [6, 6.07) is 4.16. The maximum Gasteiger partial charge on any atom is 0.126 e. The van der Waals surface area contributed by atoms with Crippen molar-refractivity contribution < 1.29 is 8.78 Å². The number of rotatable bonds is 3. The molecule has 1 aliphatic rings. The van der Waals surface area contributed by atoms with E-state index in [0.717, 1.165) is 25.5 Å². The van der Waals surface area contributed by atoms with Crippen LogP contribution < -0.4 is 5.73 Å². The summed E-state index contributed by atoms with van der Waals surface area (Å²) in [6.07, 6.45) is 2.24. The first kappa shape index (κ1) is 13.4. The smallest absolute Gasteiger partial charge is 0.126 e. The van der Waals surface area contributed by atoms with Crippen molar-refractivity contribution in [2.75, 3.05) is 13.1 Å². The van der Waals surface area contributed by atoms with Gasteiger partial charge in [0.25, 0.3) is 0 Å². The number of benzene rings is 1. The molecule has 0 amide bonds. The summed E-state index contributed by atoms with van der Waals surface area (Å²) in [5.41, 5.74) is 6.40. The molecular weight excluding hydrogens is 234 g/mol. The van der Waals surface area contributed by atoms with Crippen LogP contribution in [0.3, 0.4) is 0 Å². The predicted molar refractivity (Wildman–Crippen MR) is 68.0 cm³/mol. The van der Waals surface area contributed by atoms with Crippen LogP contribution in [0.4, 0.5) is 8.78 Å². The summed E-state index contributed by atoms with van der Waals surface area (Å²) in [4.78, 5) is 2.26. The Morgan fingerprint density at radius 2 is 1.89 bits per heavy atom. The number of nitrogens with two attached hydrogens (primary N) is 1. The van der Waals surface area contributed by atoms with E-state index >= 15 is 0 Å². The minimum Gasteiger partial charge on any atom is -0.330 e. The molecule has 0 bridgehead atoms. The molecule has 0 aromatic heterocycles. The first-order valence-corrected chi connectivity index (χ1v) is 6.47. The predicted octanol–water partition coefficient (Wildman–Crippen LogP) is 2.52. The van der Waals surface area contributed by atoms with Crippen molar-refractivity contribution in [3.63, 3.8) is 0 Å². The highest BCUT2D eigenvalue weighted by Gasteiger charge is 2.24. The molecule has 1 aromatic carbocycles. The Morgan fingerprint density at radius 3 is 2.50 bits per heavy atom. The number of hydrogen-bond acceptors (Lipinski definition) is 2. The zero-order valence-electron chi connectivity index (χ0n) is 10.7. The van der Waals surface area contributed by atoms with Crippen molar-refractivity contribution in [1.29, 1.82) is 0 Å². The monoisotopic (exact) mass is 254 g/mol. The third-order valence-corrected chi connectivity index (χ3v) is 3.75. The molecule has 1 heterocycles. The zero-order valence-corrected chi connectivity index (χ0v) is 10.7. The first-order chi connectivity index (χ1) is 8.58. The Hall–Kier alpha value is -1.00. The first-order valence-electron chi connectivity index (χ1n) is 6.47. The standard InChI is InChI=1S/C14H20F2N2/c1-10-2-3-11(7-17)8-18(10)9-12-4-13(15)6-14(16)5-12/h4-6,10-11H,2-3,7-9,17H2,1H3. The summed E-state index contributed by atoms with van der Waals surface area (Å²) < 4.78 is 26.3. The van der Waals surface area contributed by atoms with Crippen molar-refractivity contribution in [1.82, 2.24) is 4.90 Å². The van der Waals surface area contributed by atoms with Gasteiger partial charge in [-0.05, 0) is 49.9 Å².